The highest BCUT2D eigenvalue weighted by Crippen LogP contribution is 2.29. The molecule has 0 aromatic heterocycles. The molecule has 146 valence electrons. The molecule has 0 saturated carbocycles. The Morgan fingerprint density at radius 2 is 1.59 bits per heavy atom. The van der Waals surface area contributed by atoms with Crippen molar-refractivity contribution in [1.82, 2.24) is 10.6 Å². The zero-order valence-corrected chi connectivity index (χ0v) is 15.4. The van der Waals surface area contributed by atoms with Crippen LogP contribution in [0, 0.1) is 0 Å². The summed E-state index contributed by atoms with van der Waals surface area (Å²) < 4.78 is 43.7. The lowest BCUT2D eigenvalue weighted by molar-refractivity contribution is -0.137. The van der Waals surface area contributed by atoms with E-state index < -0.39 is 11.7 Å². The number of nitrogens with one attached hydrogen (secondary N) is 2. The molecule has 0 heterocycles. The Morgan fingerprint density at radius 1 is 0.963 bits per heavy atom. The van der Waals surface area contributed by atoms with Crippen LogP contribution < -0.4 is 10.6 Å². The van der Waals surface area contributed by atoms with Crippen LogP contribution in [0.4, 0.5) is 13.2 Å². The van der Waals surface area contributed by atoms with Crippen LogP contribution >= 0.6 is 0 Å². The summed E-state index contributed by atoms with van der Waals surface area (Å²) in [6.45, 7) is 4.02. The molecule has 7 heteroatoms. The highest BCUT2D eigenvalue weighted by molar-refractivity contribution is 5.79. The van der Waals surface area contributed by atoms with E-state index in [1.54, 1.807) is 13.1 Å². The maximum absolute atomic E-state index is 12.8. The van der Waals surface area contributed by atoms with Crippen molar-refractivity contribution < 1.29 is 17.9 Å². The average Bonchev–Trinajstić information content (AvgIpc) is 2.67. The molecule has 0 atom stereocenters. The summed E-state index contributed by atoms with van der Waals surface area (Å²) in [7, 11) is 1.62. The van der Waals surface area contributed by atoms with E-state index in [1.807, 2.05) is 31.2 Å². The zero-order chi connectivity index (χ0) is 19.7. The quantitative estimate of drug-likeness (QED) is 0.562. The molecule has 4 nitrogen and oxygen atoms in total. The van der Waals surface area contributed by atoms with Crippen molar-refractivity contribution in [3.05, 3.63) is 70.8 Å². The van der Waals surface area contributed by atoms with Gasteiger partial charge in [-0.2, -0.15) is 13.2 Å². The van der Waals surface area contributed by atoms with Crippen LogP contribution in [0.5, 0.6) is 0 Å². The van der Waals surface area contributed by atoms with Crippen LogP contribution in [0.15, 0.2) is 53.5 Å². The molecule has 0 spiro atoms. The van der Waals surface area contributed by atoms with Crippen LogP contribution in [0.25, 0.3) is 0 Å². The van der Waals surface area contributed by atoms with Gasteiger partial charge in [-0.1, -0.05) is 36.4 Å². The van der Waals surface area contributed by atoms with Gasteiger partial charge < -0.3 is 15.4 Å². The Balaban J connectivity index is 1.86. The SMILES string of the molecule is CCOCc1ccc(CNC(=NC)NCc2cccc(C(F)(F)F)c2)cc1. The second-order valence-corrected chi connectivity index (χ2v) is 5.93. The first-order chi connectivity index (χ1) is 12.9. The van der Waals surface area contributed by atoms with E-state index in [4.69, 9.17) is 4.74 Å². The standard InChI is InChI=1S/C20H24F3N3O/c1-3-27-14-16-9-7-15(8-10-16)12-25-19(24-2)26-13-17-5-4-6-18(11-17)20(21,22)23/h4-11H,3,12-14H2,1-2H3,(H2,24,25,26). The third-order valence-corrected chi connectivity index (χ3v) is 3.89. The smallest absolute Gasteiger partial charge is 0.377 e. The minimum Gasteiger partial charge on any atom is -0.377 e. The predicted octanol–water partition coefficient (Wildman–Crippen LogP) is 4.11. The van der Waals surface area contributed by atoms with Crippen LogP contribution in [0.1, 0.15) is 29.2 Å². The molecule has 0 aliphatic carbocycles. The Labute approximate surface area is 157 Å². The summed E-state index contributed by atoms with van der Waals surface area (Å²) in [5.41, 5.74) is 2.05. The van der Waals surface area contributed by atoms with E-state index in [2.05, 4.69) is 15.6 Å². The van der Waals surface area contributed by atoms with E-state index >= 15 is 0 Å². The number of halogens is 3. The lowest BCUT2D eigenvalue weighted by Crippen LogP contribution is -2.36. The number of hydrogen-bond donors (Lipinski definition) is 2. The van der Waals surface area contributed by atoms with Crippen LogP contribution in [-0.4, -0.2) is 19.6 Å². The highest BCUT2D eigenvalue weighted by atomic mass is 19.4. The third kappa shape index (κ3) is 6.94. The van der Waals surface area contributed by atoms with Crippen LogP contribution in [-0.2, 0) is 30.6 Å². The van der Waals surface area contributed by atoms with Gasteiger partial charge >= 0.3 is 6.18 Å². The van der Waals surface area contributed by atoms with Crippen molar-refractivity contribution in [2.75, 3.05) is 13.7 Å². The summed E-state index contributed by atoms with van der Waals surface area (Å²) in [5, 5.41) is 6.17. The molecule has 2 aromatic carbocycles. The van der Waals surface area contributed by atoms with Gasteiger partial charge in [0.1, 0.15) is 0 Å². The number of ether oxygens (including phenoxy) is 1. The van der Waals surface area contributed by atoms with Gasteiger partial charge in [-0.25, -0.2) is 0 Å². The minimum absolute atomic E-state index is 0.247. The maximum Gasteiger partial charge on any atom is 0.416 e. The molecule has 2 aromatic rings. The molecule has 0 fully saturated rings. The average molecular weight is 379 g/mol. The van der Waals surface area contributed by atoms with Crippen molar-refractivity contribution in [1.29, 1.82) is 0 Å². The van der Waals surface area contributed by atoms with Crippen molar-refractivity contribution in [2.24, 2.45) is 4.99 Å². The maximum atomic E-state index is 12.8. The molecule has 0 radical (unpaired) electrons. The fourth-order valence-electron chi connectivity index (χ4n) is 2.42. The van der Waals surface area contributed by atoms with E-state index in [0.29, 0.717) is 31.3 Å². The molecular weight excluding hydrogens is 355 g/mol. The second kappa shape index (κ2) is 9.97. The third-order valence-electron chi connectivity index (χ3n) is 3.89. The molecular formula is C20H24F3N3O. The van der Waals surface area contributed by atoms with Gasteiger partial charge in [0.15, 0.2) is 5.96 Å². The van der Waals surface area contributed by atoms with E-state index in [-0.39, 0.29) is 6.54 Å². The molecule has 0 bridgehead atoms. The number of nitrogens with zero attached hydrogens (tertiary/aromatic N) is 1. The number of hydrogen-bond acceptors (Lipinski definition) is 2. The molecule has 0 saturated heterocycles. The van der Waals surface area contributed by atoms with E-state index in [0.717, 1.165) is 23.3 Å². The first kappa shape index (κ1) is 20.8. The van der Waals surface area contributed by atoms with Crippen molar-refractivity contribution >= 4 is 5.96 Å². The van der Waals surface area contributed by atoms with Gasteiger partial charge in [0.25, 0.3) is 0 Å². The molecule has 27 heavy (non-hydrogen) atoms. The second-order valence-electron chi connectivity index (χ2n) is 5.93. The Morgan fingerprint density at radius 3 is 2.19 bits per heavy atom. The van der Waals surface area contributed by atoms with E-state index in [1.165, 1.54) is 6.07 Å². The summed E-state index contributed by atoms with van der Waals surface area (Å²) in [6.07, 6.45) is -4.34. The van der Waals surface area contributed by atoms with Gasteiger partial charge in [-0.15, -0.1) is 0 Å². The molecule has 2 N–H and O–H groups in total. The van der Waals surface area contributed by atoms with Gasteiger partial charge in [-0.3, -0.25) is 4.99 Å². The summed E-state index contributed by atoms with van der Waals surface area (Å²) >= 11 is 0. The first-order valence-corrected chi connectivity index (χ1v) is 8.68. The Hall–Kier alpha value is -2.54. The van der Waals surface area contributed by atoms with Crippen molar-refractivity contribution in [3.8, 4) is 0 Å². The fourth-order valence-corrected chi connectivity index (χ4v) is 2.42. The molecule has 0 amide bonds. The van der Waals surface area contributed by atoms with Gasteiger partial charge in [-0.05, 0) is 35.7 Å². The highest BCUT2D eigenvalue weighted by Gasteiger charge is 2.30. The number of aliphatic imine (C=N–C) groups is 1. The minimum atomic E-state index is -4.34. The van der Waals surface area contributed by atoms with Crippen LogP contribution in [0.3, 0.4) is 0 Å². The lowest BCUT2D eigenvalue weighted by atomic mass is 10.1. The molecule has 0 aliphatic heterocycles. The number of rotatable bonds is 7. The lowest BCUT2D eigenvalue weighted by Gasteiger charge is -2.13. The van der Waals surface area contributed by atoms with Gasteiger partial charge in [0.2, 0.25) is 0 Å². The summed E-state index contributed by atoms with van der Waals surface area (Å²) in [4.78, 5) is 4.10. The van der Waals surface area contributed by atoms with Crippen molar-refractivity contribution in [3.63, 3.8) is 0 Å². The predicted molar refractivity (Wildman–Crippen MR) is 100 cm³/mol. The monoisotopic (exact) mass is 379 g/mol. The number of alkyl halides is 3. The van der Waals surface area contributed by atoms with Crippen molar-refractivity contribution in [2.45, 2.75) is 32.8 Å². The Kier molecular flexibility index (Phi) is 7.67. The van der Waals surface area contributed by atoms with Gasteiger partial charge in [0, 0.05) is 26.7 Å². The van der Waals surface area contributed by atoms with Crippen LogP contribution in [0.2, 0.25) is 0 Å². The number of guanidine groups is 1. The largest absolute Gasteiger partial charge is 0.416 e. The van der Waals surface area contributed by atoms with E-state index in [9.17, 15) is 13.2 Å². The zero-order valence-electron chi connectivity index (χ0n) is 15.4. The normalized spacial score (nSPS) is 12.1. The Bertz CT molecular complexity index is 743. The topological polar surface area (TPSA) is 45.6 Å². The molecule has 2 rings (SSSR count). The first-order valence-electron chi connectivity index (χ1n) is 8.68. The molecule has 0 unspecified atom stereocenters. The summed E-state index contributed by atoms with van der Waals surface area (Å²) in [5.74, 6) is 0.519. The molecule has 0 aliphatic rings. The van der Waals surface area contributed by atoms with Gasteiger partial charge in [0.05, 0.1) is 12.2 Å². The fraction of sp³-hybridized carbons (Fsp3) is 0.350. The summed E-state index contributed by atoms with van der Waals surface area (Å²) in [6, 6.07) is 13.3. The number of benzene rings is 2.